The summed E-state index contributed by atoms with van der Waals surface area (Å²) in [5.74, 6) is 3.63. The van der Waals surface area contributed by atoms with Gasteiger partial charge in [0, 0.05) is 53.9 Å². The summed E-state index contributed by atoms with van der Waals surface area (Å²) in [6.07, 6.45) is 0. The summed E-state index contributed by atoms with van der Waals surface area (Å²) in [5, 5.41) is 2.13. The third-order valence-corrected chi connectivity index (χ3v) is 10.6. The molecule has 7 nitrogen and oxygen atoms in total. The third-order valence-electron chi connectivity index (χ3n) is 9.47. The molecule has 0 fully saturated rings. The normalized spacial score (nSPS) is 11.3. The van der Waals surface area contributed by atoms with Gasteiger partial charge in [-0.05, 0) is 36.4 Å². The first-order valence-electron chi connectivity index (χ1n) is 18.2. The van der Waals surface area contributed by atoms with Crippen LogP contribution in [0.4, 0.5) is 0 Å². The number of aromatic nitrogens is 6. The van der Waals surface area contributed by atoms with Gasteiger partial charge in [0.2, 0.25) is 0 Å². The van der Waals surface area contributed by atoms with Crippen LogP contribution in [0.5, 0.6) is 0 Å². The van der Waals surface area contributed by atoms with Crippen molar-refractivity contribution < 1.29 is 4.42 Å². The standard InChI is InChI=1S/C48H30N6OS/c1-4-14-31(15-5-1)43-49-44(32-16-6-2-7-17-32)51-46(50-43)34-24-27-36(28-25-34)56-42-23-13-11-21-39(42)48-53-45(33-18-8-3-9-19-33)52-47(54-48)35-26-29-38-37-20-10-12-22-40(37)55-41(38)30-35/h1-30H. The second-order valence-electron chi connectivity index (χ2n) is 13.1. The molecule has 264 valence electrons. The van der Waals surface area contributed by atoms with Gasteiger partial charge in [0.25, 0.3) is 0 Å². The minimum atomic E-state index is 0.572. The largest absolute Gasteiger partial charge is 0.456 e. The number of benzene rings is 7. The molecule has 56 heavy (non-hydrogen) atoms. The maximum atomic E-state index is 6.23. The number of hydrogen-bond acceptors (Lipinski definition) is 8. The predicted octanol–water partition coefficient (Wildman–Crippen LogP) is 12.1. The van der Waals surface area contributed by atoms with Gasteiger partial charge in [-0.1, -0.05) is 157 Å². The smallest absolute Gasteiger partial charge is 0.165 e. The van der Waals surface area contributed by atoms with Crippen molar-refractivity contribution in [2.45, 2.75) is 9.79 Å². The van der Waals surface area contributed by atoms with Gasteiger partial charge in [-0.25, -0.2) is 29.9 Å². The van der Waals surface area contributed by atoms with E-state index >= 15 is 0 Å². The molecule has 0 spiro atoms. The van der Waals surface area contributed by atoms with Crippen molar-refractivity contribution in [2.24, 2.45) is 0 Å². The molecule has 10 rings (SSSR count). The van der Waals surface area contributed by atoms with Gasteiger partial charge in [0.05, 0.1) is 0 Å². The van der Waals surface area contributed by atoms with Crippen LogP contribution in [0.3, 0.4) is 0 Å². The van der Waals surface area contributed by atoms with Crippen molar-refractivity contribution in [3.05, 3.63) is 182 Å². The van der Waals surface area contributed by atoms with Gasteiger partial charge >= 0.3 is 0 Å². The Morgan fingerprint density at radius 2 is 0.750 bits per heavy atom. The van der Waals surface area contributed by atoms with E-state index in [4.69, 9.17) is 34.3 Å². The van der Waals surface area contributed by atoms with Crippen LogP contribution in [0.2, 0.25) is 0 Å². The van der Waals surface area contributed by atoms with Gasteiger partial charge in [-0.2, -0.15) is 0 Å². The predicted molar refractivity (Wildman–Crippen MR) is 224 cm³/mol. The molecular formula is C48H30N6OS. The number of fused-ring (bicyclic) bond motifs is 3. The highest BCUT2D eigenvalue weighted by Gasteiger charge is 2.18. The van der Waals surface area contributed by atoms with Crippen LogP contribution in [-0.2, 0) is 0 Å². The summed E-state index contributed by atoms with van der Waals surface area (Å²) in [6.45, 7) is 0. The molecule has 0 aliphatic rings. The second-order valence-corrected chi connectivity index (χ2v) is 14.3. The van der Waals surface area contributed by atoms with E-state index < -0.39 is 0 Å². The first kappa shape index (κ1) is 33.3. The average molecular weight is 739 g/mol. The molecule has 0 N–H and O–H groups in total. The number of furan rings is 1. The number of hydrogen-bond donors (Lipinski definition) is 0. The SMILES string of the molecule is c1ccc(-c2nc(-c3ccccc3)nc(-c3ccc(Sc4ccccc4-c4nc(-c5ccccc5)nc(-c5ccc6c(c5)oc5ccccc56)n4)cc3)n2)cc1. The van der Waals surface area contributed by atoms with E-state index in [2.05, 4.69) is 54.6 Å². The minimum Gasteiger partial charge on any atom is -0.456 e. The summed E-state index contributed by atoms with van der Waals surface area (Å²) >= 11 is 1.65. The monoisotopic (exact) mass is 738 g/mol. The lowest BCUT2D eigenvalue weighted by Crippen LogP contribution is -2.01. The molecule has 0 aliphatic carbocycles. The molecule has 3 aromatic heterocycles. The van der Waals surface area contributed by atoms with Crippen molar-refractivity contribution in [1.82, 2.24) is 29.9 Å². The fourth-order valence-electron chi connectivity index (χ4n) is 6.68. The zero-order valence-electron chi connectivity index (χ0n) is 29.8. The van der Waals surface area contributed by atoms with Crippen LogP contribution in [0.15, 0.2) is 196 Å². The minimum absolute atomic E-state index is 0.572. The molecular weight excluding hydrogens is 709 g/mol. The highest BCUT2D eigenvalue weighted by atomic mass is 32.2. The Labute approximate surface area is 326 Å². The van der Waals surface area contributed by atoms with Crippen molar-refractivity contribution in [3.8, 4) is 68.3 Å². The Morgan fingerprint density at radius 1 is 0.321 bits per heavy atom. The van der Waals surface area contributed by atoms with Crippen LogP contribution in [-0.4, -0.2) is 29.9 Å². The lowest BCUT2D eigenvalue weighted by Gasteiger charge is -2.12. The number of nitrogens with zero attached hydrogens (tertiary/aromatic N) is 6. The zero-order chi connectivity index (χ0) is 37.3. The first-order chi connectivity index (χ1) is 27.7. The molecule has 0 amide bonds. The average Bonchev–Trinajstić information content (AvgIpc) is 3.65. The van der Waals surface area contributed by atoms with Gasteiger partial charge in [-0.3, -0.25) is 0 Å². The van der Waals surface area contributed by atoms with Crippen LogP contribution in [0, 0.1) is 0 Å². The van der Waals surface area contributed by atoms with E-state index in [1.54, 1.807) is 11.8 Å². The van der Waals surface area contributed by atoms with Crippen molar-refractivity contribution >= 4 is 33.7 Å². The highest BCUT2D eigenvalue weighted by Crippen LogP contribution is 2.38. The molecule has 10 aromatic rings. The molecule has 0 bridgehead atoms. The third kappa shape index (κ3) is 6.59. The van der Waals surface area contributed by atoms with E-state index in [1.165, 1.54) is 0 Å². The molecule has 3 heterocycles. The van der Waals surface area contributed by atoms with Gasteiger partial charge in [-0.15, -0.1) is 0 Å². The topological polar surface area (TPSA) is 90.5 Å². The van der Waals surface area contributed by atoms with E-state index in [0.29, 0.717) is 34.9 Å². The Kier molecular flexibility index (Phi) is 8.62. The first-order valence-corrected chi connectivity index (χ1v) is 19.0. The van der Waals surface area contributed by atoms with E-state index in [-0.39, 0.29) is 0 Å². The Morgan fingerprint density at radius 3 is 1.34 bits per heavy atom. The van der Waals surface area contributed by atoms with Gasteiger partial charge in [0.1, 0.15) is 11.2 Å². The molecule has 0 aliphatic heterocycles. The molecule has 0 radical (unpaired) electrons. The molecule has 7 aromatic carbocycles. The van der Waals surface area contributed by atoms with E-state index in [0.717, 1.165) is 65.1 Å². The van der Waals surface area contributed by atoms with Crippen molar-refractivity contribution in [1.29, 1.82) is 0 Å². The maximum Gasteiger partial charge on any atom is 0.165 e. The van der Waals surface area contributed by atoms with Crippen LogP contribution >= 0.6 is 11.8 Å². The molecule has 0 unspecified atom stereocenters. The van der Waals surface area contributed by atoms with Crippen LogP contribution in [0.1, 0.15) is 0 Å². The fraction of sp³-hybridized carbons (Fsp3) is 0. The lowest BCUT2D eigenvalue weighted by atomic mass is 10.1. The Bertz CT molecular complexity index is 2930. The molecule has 0 saturated carbocycles. The van der Waals surface area contributed by atoms with Crippen molar-refractivity contribution in [3.63, 3.8) is 0 Å². The van der Waals surface area contributed by atoms with E-state index in [9.17, 15) is 0 Å². The summed E-state index contributed by atoms with van der Waals surface area (Å²) < 4.78 is 6.23. The van der Waals surface area contributed by atoms with Crippen LogP contribution in [0.25, 0.3) is 90.3 Å². The molecule has 0 saturated heterocycles. The van der Waals surface area contributed by atoms with Crippen molar-refractivity contribution in [2.75, 3.05) is 0 Å². The lowest BCUT2D eigenvalue weighted by molar-refractivity contribution is 0.669. The highest BCUT2D eigenvalue weighted by molar-refractivity contribution is 7.99. The molecule has 0 atom stereocenters. The summed E-state index contributed by atoms with van der Waals surface area (Å²) in [7, 11) is 0. The summed E-state index contributed by atoms with van der Waals surface area (Å²) in [5.41, 5.74) is 7.07. The summed E-state index contributed by atoms with van der Waals surface area (Å²) in [4.78, 5) is 31.8. The van der Waals surface area contributed by atoms with Gasteiger partial charge < -0.3 is 4.42 Å². The molecule has 8 heteroatoms. The number of rotatable bonds is 8. The number of para-hydroxylation sites is 1. The Balaban J connectivity index is 1.01. The fourth-order valence-corrected chi connectivity index (χ4v) is 7.63. The maximum absolute atomic E-state index is 6.23. The second kappa shape index (κ2) is 14.5. The quantitative estimate of drug-likeness (QED) is 0.152. The van der Waals surface area contributed by atoms with Gasteiger partial charge in [0.15, 0.2) is 34.9 Å². The van der Waals surface area contributed by atoms with Crippen LogP contribution < -0.4 is 0 Å². The zero-order valence-corrected chi connectivity index (χ0v) is 30.6. The Hall–Kier alpha value is -7.29. The summed E-state index contributed by atoms with van der Waals surface area (Å²) in [6, 6.07) is 60.8. The van der Waals surface area contributed by atoms with E-state index in [1.807, 2.05) is 127 Å².